The molecule has 7 nitrogen and oxygen atoms in total. The van der Waals surface area contributed by atoms with Gasteiger partial charge in [0.1, 0.15) is 5.69 Å². The third-order valence-corrected chi connectivity index (χ3v) is 6.75. The fourth-order valence-electron chi connectivity index (χ4n) is 4.74. The SMILES string of the molecule is Cc1cc(-c2n[nH]c3ncc(C(=O)N[C@H]4CN(C)C[C@@H]4C4C=CC=CC4Cl)cc23)ccn1. The molecule has 32 heavy (non-hydrogen) atoms. The van der Waals surface area contributed by atoms with Crippen LogP contribution in [0.2, 0.25) is 0 Å². The molecule has 0 aromatic carbocycles. The largest absolute Gasteiger partial charge is 0.348 e. The van der Waals surface area contributed by atoms with Crippen LogP contribution in [-0.2, 0) is 0 Å². The number of aryl methyl sites for hydroxylation is 1. The number of carbonyl (C=O) groups is 1. The minimum atomic E-state index is -0.135. The lowest BCUT2D eigenvalue weighted by Crippen LogP contribution is -2.44. The molecular weight excluding hydrogens is 424 g/mol. The molecule has 3 aromatic rings. The van der Waals surface area contributed by atoms with Crippen molar-refractivity contribution in [1.82, 2.24) is 30.4 Å². The lowest BCUT2D eigenvalue weighted by molar-refractivity contribution is 0.0926. The highest BCUT2D eigenvalue weighted by atomic mass is 35.5. The maximum Gasteiger partial charge on any atom is 0.253 e. The van der Waals surface area contributed by atoms with Crippen molar-refractivity contribution < 1.29 is 4.79 Å². The highest BCUT2D eigenvalue weighted by Gasteiger charge is 2.39. The molecule has 0 bridgehead atoms. The van der Waals surface area contributed by atoms with Crippen LogP contribution in [-0.4, -0.2) is 62.5 Å². The number of likely N-dealkylation sites (tertiary alicyclic amines) is 1. The third-order valence-electron chi connectivity index (χ3n) is 6.31. The lowest BCUT2D eigenvalue weighted by Gasteiger charge is -2.29. The van der Waals surface area contributed by atoms with Crippen molar-refractivity contribution in [2.75, 3.05) is 20.1 Å². The Labute approximate surface area is 191 Å². The standard InChI is InChI=1S/C24H25ClN6O/c1-14-9-15(7-8-26-14)22-18-10-16(11-27-23(18)30-29-22)24(32)28-21-13-31(2)12-19(21)17-5-3-4-6-20(17)25/h3-11,17,19-21H,12-13H2,1-2H3,(H,28,32)(H,27,29,30)/t17?,19-,20?,21+/m1/s1. The number of aromatic nitrogens is 4. The number of hydrogen-bond acceptors (Lipinski definition) is 5. The Morgan fingerprint density at radius 2 is 2.06 bits per heavy atom. The van der Waals surface area contributed by atoms with E-state index < -0.39 is 0 Å². The molecule has 5 rings (SSSR count). The molecule has 4 heterocycles. The molecule has 3 aromatic heterocycles. The van der Waals surface area contributed by atoms with Gasteiger partial charge in [-0.15, -0.1) is 11.6 Å². The minimum Gasteiger partial charge on any atom is -0.348 e. The number of amides is 1. The Kier molecular flexibility index (Phi) is 5.53. The quantitative estimate of drug-likeness (QED) is 0.598. The number of carbonyl (C=O) groups excluding carboxylic acids is 1. The number of aromatic amines is 1. The highest BCUT2D eigenvalue weighted by Crippen LogP contribution is 2.33. The molecule has 8 heteroatoms. The molecule has 2 aliphatic rings. The first-order valence-corrected chi connectivity index (χ1v) is 11.2. The normalized spacial score (nSPS) is 25.5. The zero-order valence-electron chi connectivity index (χ0n) is 18.0. The molecule has 1 saturated heterocycles. The second-order valence-corrected chi connectivity index (χ2v) is 9.14. The maximum absolute atomic E-state index is 13.2. The fraction of sp³-hybridized carbons (Fsp3) is 0.333. The summed E-state index contributed by atoms with van der Waals surface area (Å²) in [5.74, 6) is 0.297. The number of halogens is 1. The van der Waals surface area contributed by atoms with Gasteiger partial charge in [0.05, 0.1) is 10.9 Å². The smallest absolute Gasteiger partial charge is 0.253 e. The van der Waals surface area contributed by atoms with Crippen LogP contribution in [0.15, 0.2) is 54.9 Å². The first kappa shape index (κ1) is 20.8. The molecule has 1 fully saturated rings. The van der Waals surface area contributed by atoms with Crippen molar-refractivity contribution in [2.24, 2.45) is 11.8 Å². The van der Waals surface area contributed by atoms with Gasteiger partial charge in [0, 0.05) is 60.0 Å². The van der Waals surface area contributed by atoms with Gasteiger partial charge in [0.25, 0.3) is 5.91 Å². The first-order valence-electron chi connectivity index (χ1n) is 10.8. The summed E-state index contributed by atoms with van der Waals surface area (Å²) >= 11 is 6.57. The van der Waals surface area contributed by atoms with Crippen LogP contribution in [0.4, 0.5) is 0 Å². The molecule has 0 spiro atoms. The number of allylic oxidation sites excluding steroid dienone is 4. The van der Waals surface area contributed by atoms with E-state index in [2.05, 4.69) is 43.5 Å². The molecule has 1 aliphatic carbocycles. The van der Waals surface area contributed by atoms with Crippen molar-refractivity contribution in [3.8, 4) is 11.3 Å². The number of H-pyrrole nitrogens is 1. The van der Waals surface area contributed by atoms with Gasteiger partial charge in [-0.05, 0) is 32.2 Å². The fourth-order valence-corrected chi connectivity index (χ4v) is 5.10. The van der Waals surface area contributed by atoms with E-state index in [0.717, 1.165) is 35.4 Å². The Balaban J connectivity index is 1.40. The molecule has 1 amide bonds. The molecule has 4 atom stereocenters. The lowest BCUT2D eigenvalue weighted by atomic mass is 9.83. The van der Waals surface area contributed by atoms with Gasteiger partial charge >= 0.3 is 0 Å². The molecule has 1 aliphatic heterocycles. The summed E-state index contributed by atoms with van der Waals surface area (Å²) in [6.45, 7) is 3.62. The number of nitrogens with one attached hydrogen (secondary N) is 2. The van der Waals surface area contributed by atoms with Crippen LogP contribution in [0.3, 0.4) is 0 Å². The first-order chi connectivity index (χ1) is 15.5. The Morgan fingerprint density at radius 1 is 1.22 bits per heavy atom. The van der Waals surface area contributed by atoms with Gasteiger partial charge < -0.3 is 10.2 Å². The average Bonchev–Trinajstić information content (AvgIpc) is 3.36. The van der Waals surface area contributed by atoms with E-state index in [0.29, 0.717) is 11.2 Å². The van der Waals surface area contributed by atoms with Crippen molar-refractivity contribution >= 4 is 28.5 Å². The summed E-state index contributed by atoms with van der Waals surface area (Å²) in [6.07, 6.45) is 11.5. The summed E-state index contributed by atoms with van der Waals surface area (Å²) in [5.41, 5.74) is 3.76. The summed E-state index contributed by atoms with van der Waals surface area (Å²) < 4.78 is 0. The van der Waals surface area contributed by atoms with Gasteiger partial charge in [0.15, 0.2) is 5.65 Å². The minimum absolute atomic E-state index is 0.0114. The van der Waals surface area contributed by atoms with E-state index in [1.54, 1.807) is 12.4 Å². The molecule has 0 saturated carbocycles. The van der Waals surface area contributed by atoms with Gasteiger partial charge in [-0.1, -0.05) is 24.3 Å². The van der Waals surface area contributed by atoms with Crippen molar-refractivity contribution in [3.63, 3.8) is 0 Å². The van der Waals surface area contributed by atoms with Gasteiger partial charge in [-0.2, -0.15) is 5.10 Å². The predicted molar refractivity (Wildman–Crippen MR) is 126 cm³/mol. The summed E-state index contributed by atoms with van der Waals surface area (Å²) in [7, 11) is 2.08. The van der Waals surface area contributed by atoms with Crippen molar-refractivity contribution in [1.29, 1.82) is 0 Å². The molecule has 2 unspecified atom stereocenters. The van der Waals surface area contributed by atoms with Gasteiger partial charge in [0.2, 0.25) is 0 Å². The van der Waals surface area contributed by atoms with Crippen molar-refractivity contribution in [3.05, 3.63) is 66.2 Å². The second-order valence-electron chi connectivity index (χ2n) is 8.63. The van der Waals surface area contributed by atoms with Gasteiger partial charge in [-0.3, -0.25) is 14.9 Å². The number of alkyl halides is 1. The predicted octanol–water partition coefficient (Wildman–Crippen LogP) is 3.34. The highest BCUT2D eigenvalue weighted by molar-refractivity contribution is 6.22. The van der Waals surface area contributed by atoms with E-state index in [4.69, 9.17) is 11.6 Å². The third kappa shape index (κ3) is 3.94. The zero-order valence-corrected chi connectivity index (χ0v) is 18.8. The monoisotopic (exact) mass is 448 g/mol. The van der Waals surface area contributed by atoms with Gasteiger partial charge in [-0.25, -0.2) is 4.98 Å². The number of pyridine rings is 2. The summed E-state index contributed by atoms with van der Waals surface area (Å²) in [5, 5.41) is 11.4. The zero-order chi connectivity index (χ0) is 22.2. The average molecular weight is 449 g/mol. The van der Waals surface area contributed by atoms with Crippen molar-refractivity contribution in [2.45, 2.75) is 18.3 Å². The molecular formula is C24H25ClN6O. The number of fused-ring (bicyclic) bond motifs is 1. The Bertz CT molecular complexity index is 1220. The Morgan fingerprint density at radius 3 is 2.88 bits per heavy atom. The van der Waals surface area contributed by atoms with E-state index in [-0.39, 0.29) is 29.2 Å². The Hall–Kier alpha value is -3.03. The molecule has 0 radical (unpaired) electrons. The molecule has 2 N–H and O–H groups in total. The van der Waals surface area contributed by atoms with Crippen LogP contribution in [0.1, 0.15) is 16.1 Å². The van der Waals surface area contributed by atoms with Crippen LogP contribution in [0.25, 0.3) is 22.3 Å². The van der Waals surface area contributed by atoms with Crippen LogP contribution < -0.4 is 5.32 Å². The summed E-state index contributed by atoms with van der Waals surface area (Å²) in [4.78, 5) is 24.1. The van der Waals surface area contributed by atoms with Crippen LogP contribution in [0, 0.1) is 18.8 Å². The number of hydrogen-bond donors (Lipinski definition) is 2. The van der Waals surface area contributed by atoms with E-state index in [9.17, 15) is 4.79 Å². The second kappa shape index (κ2) is 8.48. The maximum atomic E-state index is 13.2. The topological polar surface area (TPSA) is 86.8 Å². The van der Waals surface area contributed by atoms with Crippen LogP contribution in [0.5, 0.6) is 0 Å². The van der Waals surface area contributed by atoms with E-state index in [1.807, 2.05) is 43.4 Å². The number of nitrogens with zero attached hydrogens (tertiary/aromatic N) is 4. The van der Waals surface area contributed by atoms with Crippen LogP contribution >= 0.6 is 11.6 Å². The number of rotatable bonds is 4. The number of likely N-dealkylation sites (N-methyl/N-ethyl adjacent to an activating group) is 1. The summed E-state index contributed by atoms with van der Waals surface area (Å²) in [6, 6.07) is 5.74. The molecule has 164 valence electrons. The van der Waals surface area contributed by atoms with E-state index >= 15 is 0 Å². The van der Waals surface area contributed by atoms with E-state index in [1.165, 1.54) is 0 Å².